The number of rotatable bonds is 5. The standard InChI is InChI=1S/C13H22Si/c1-4-8-13(14(2)3)11-12-9-6-5-7-10-12/h5-7,9-10,13-14H,4,8,11H2,1-3H3. The average Bonchev–Trinajstić information content (AvgIpc) is 2.18. The predicted molar refractivity (Wildman–Crippen MR) is 67.7 cm³/mol. The number of hydrogen-bond acceptors (Lipinski definition) is 0. The molecule has 1 atom stereocenters. The molecule has 0 radical (unpaired) electrons. The van der Waals surface area contributed by atoms with Crippen molar-refractivity contribution in [3.05, 3.63) is 35.9 Å². The van der Waals surface area contributed by atoms with E-state index >= 15 is 0 Å². The summed E-state index contributed by atoms with van der Waals surface area (Å²) in [5.74, 6) is 0. The van der Waals surface area contributed by atoms with Crippen LogP contribution in [0.5, 0.6) is 0 Å². The van der Waals surface area contributed by atoms with E-state index in [0.717, 1.165) is 5.54 Å². The van der Waals surface area contributed by atoms with Crippen molar-refractivity contribution in [2.75, 3.05) is 0 Å². The fraction of sp³-hybridized carbons (Fsp3) is 0.538. The Bertz CT molecular complexity index is 241. The molecule has 14 heavy (non-hydrogen) atoms. The minimum absolute atomic E-state index is 0.473. The molecular weight excluding hydrogens is 184 g/mol. The summed E-state index contributed by atoms with van der Waals surface area (Å²) in [6.45, 7) is 7.25. The molecule has 0 aliphatic carbocycles. The van der Waals surface area contributed by atoms with Crippen LogP contribution < -0.4 is 0 Å². The molecule has 1 heteroatoms. The van der Waals surface area contributed by atoms with E-state index in [9.17, 15) is 0 Å². The SMILES string of the molecule is CCCC(Cc1ccccc1)[SiH](C)C. The third-order valence-corrected chi connectivity index (χ3v) is 5.40. The van der Waals surface area contributed by atoms with Crippen molar-refractivity contribution in [1.82, 2.24) is 0 Å². The summed E-state index contributed by atoms with van der Waals surface area (Å²) in [7, 11) is -0.473. The highest BCUT2D eigenvalue weighted by molar-refractivity contribution is 6.57. The van der Waals surface area contributed by atoms with Gasteiger partial charge in [-0.05, 0) is 17.5 Å². The van der Waals surface area contributed by atoms with E-state index in [2.05, 4.69) is 50.3 Å². The lowest BCUT2D eigenvalue weighted by molar-refractivity contribution is 0.702. The van der Waals surface area contributed by atoms with E-state index in [1.165, 1.54) is 24.8 Å². The van der Waals surface area contributed by atoms with Gasteiger partial charge in [0.15, 0.2) is 0 Å². The van der Waals surface area contributed by atoms with Crippen LogP contribution in [0.4, 0.5) is 0 Å². The van der Waals surface area contributed by atoms with E-state index in [4.69, 9.17) is 0 Å². The highest BCUT2D eigenvalue weighted by atomic mass is 28.3. The van der Waals surface area contributed by atoms with Gasteiger partial charge in [0.1, 0.15) is 0 Å². The Hall–Kier alpha value is -0.563. The van der Waals surface area contributed by atoms with Crippen molar-refractivity contribution in [2.45, 2.75) is 44.8 Å². The molecule has 1 aromatic rings. The normalized spacial score (nSPS) is 13.1. The maximum absolute atomic E-state index is 2.48. The highest BCUT2D eigenvalue weighted by Crippen LogP contribution is 2.22. The Labute approximate surface area is 90.0 Å². The van der Waals surface area contributed by atoms with E-state index in [-0.39, 0.29) is 0 Å². The first kappa shape index (κ1) is 11.5. The van der Waals surface area contributed by atoms with Crippen molar-refractivity contribution in [2.24, 2.45) is 0 Å². The molecule has 0 heterocycles. The van der Waals surface area contributed by atoms with Crippen molar-refractivity contribution >= 4 is 8.80 Å². The second-order valence-electron chi connectivity index (χ2n) is 4.48. The molecular formula is C13H22Si. The van der Waals surface area contributed by atoms with E-state index < -0.39 is 8.80 Å². The Morgan fingerprint density at radius 2 is 1.79 bits per heavy atom. The second-order valence-corrected chi connectivity index (χ2v) is 7.91. The fourth-order valence-electron chi connectivity index (χ4n) is 1.96. The van der Waals surface area contributed by atoms with E-state index in [1.54, 1.807) is 0 Å². The molecule has 0 N–H and O–H groups in total. The summed E-state index contributed by atoms with van der Waals surface area (Å²) in [6.07, 6.45) is 4.06. The lowest BCUT2D eigenvalue weighted by atomic mass is 10.1. The molecule has 78 valence electrons. The zero-order valence-electron chi connectivity index (χ0n) is 9.66. The van der Waals surface area contributed by atoms with Gasteiger partial charge in [0.2, 0.25) is 0 Å². The maximum atomic E-state index is 2.48. The molecule has 0 saturated carbocycles. The Morgan fingerprint density at radius 3 is 2.29 bits per heavy atom. The van der Waals surface area contributed by atoms with Crippen LogP contribution in [0.3, 0.4) is 0 Å². The van der Waals surface area contributed by atoms with Crippen molar-refractivity contribution < 1.29 is 0 Å². The van der Waals surface area contributed by atoms with Gasteiger partial charge in [0, 0.05) is 8.80 Å². The summed E-state index contributed by atoms with van der Waals surface area (Å²) in [4.78, 5) is 0. The van der Waals surface area contributed by atoms with Gasteiger partial charge in [-0.1, -0.05) is 63.2 Å². The van der Waals surface area contributed by atoms with Crippen LogP contribution in [0.25, 0.3) is 0 Å². The Morgan fingerprint density at radius 1 is 1.14 bits per heavy atom. The third-order valence-electron chi connectivity index (χ3n) is 2.94. The minimum atomic E-state index is -0.473. The van der Waals surface area contributed by atoms with Gasteiger partial charge in [0.25, 0.3) is 0 Å². The van der Waals surface area contributed by atoms with Crippen molar-refractivity contribution in [1.29, 1.82) is 0 Å². The first-order valence-corrected chi connectivity index (χ1v) is 8.75. The van der Waals surface area contributed by atoms with Gasteiger partial charge in [-0.2, -0.15) is 0 Å². The molecule has 1 unspecified atom stereocenters. The van der Waals surface area contributed by atoms with Crippen LogP contribution in [0.15, 0.2) is 30.3 Å². The van der Waals surface area contributed by atoms with Crippen LogP contribution in [0.2, 0.25) is 18.6 Å². The maximum Gasteiger partial charge on any atom is 0.0340 e. The highest BCUT2D eigenvalue weighted by Gasteiger charge is 2.13. The molecule has 0 aliphatic heterocycles. The first-order chi connectivity index (χ1) is 6.74. The van der Waals surface area contributed by atoms with Crippen LogP contribution in [-0.2, 0) is 6.42 Å². The minimum Gasteiger partial charge on any atom is -0.0720 e. The zero-order chi connectivity index (χ0) is 10.4. The Balaban J connectivity index is 2.55. The molecule has 0 aromatic heterocycles. The van der Waals surface area contributed by atoms with Gasteiger partial charge >= 0.3 is 0 Å². The van der Waals surface area contributed by atoms with E-state index in [0.29, 0.717) is 0 Å². The lowest BCUT2D eigenvalue weighted by Gasteiger charge is -2.19. The molecule has 0 spiro atoms. The van der Waals surface area contributed by atoms with Crippen LogP contribution >= 0.6 is 0 Å². The Kier molecular flexibility index (Phi) is 4.95. The van der Waals surface area contributed by atoms with Crippen molar-refractivity contribution in [3.63, 3.8) is 0 Å². The smallest absolute Gasteiger partial charge is 0.0340 e. The molecule has 1 rings (SSSR count). The largest absolute Gasteiger partial charge is 0.0720 e. The van der Waals surface area contributed by atoms with Crippen molar-refractivity contribution in [3.8, 4) is 0 Å². The first-order valence-electron chi connectivity index (χ1n) is 5.78. The fourth-order valence-corrected chi connectivity index (χ4v) is 3.70. The lowest BCUT2D eigenvalue weighted by Crippen LogP contribution is -2.14. The zero-order valence-corrected chi connectivity index (χ0v) is 10.8. The third kappa shape index (κ3) is 3.67. The topological polar surface area (TPSA) is 0 Å². The van der Waals surface area contributed by atoms with Crippen LogP contribution in [0, 0.1) is 0 Å². The van der Waals surface area contributed by atoms with Gasteiger partial charge in [-0.3, -0.25) is 0 Å². The van der Waals surface area contributed by atoms with Gasteiger partial charge < -0.3 is 0 Å². The van der Waals surface area contributed by atoms with Gasteiger partial charge in [-0.25, -0.2) is 0 Å². The molecule has 0 aliphatic rings. The molecule has 0 amide bonds. The summed E-state index contributed by atoms with van der Waals surface area (Å²) >= 11 is 0. The quantitative estimate of drug-likeness (QED) is 0.641. The monoisotopic (exact) mass is 206 g/mol. The number of hydrogen-bond donors (Lipinski definition) is 0. The van der Waals surface area contributed by atoms with Crippen LogP contribution in [0.1, 0.15) is 25.3 Å². The molecule has 0 nitrogen and oxygen atoms in total. The number of benzene rings is 1. The summed E-state index contributed by atoms with van der Waals surface area (Å²) in [6, 6.07) is 10.9. The van der Waals surface area contributed by atoms with Gasteiger partial charge in [0.05, 0.1) is 0 Å². The van der Waals surface area contributed by atoms with Crippen LogP contribution in [-0.4, -0.2) is 8.80 Å². The van der Waals surface area contributed by atoms with E-state index in [1.807, 2.05) is 0 Å². The average molecular weight is 206 g/mol. The van der Waals surface area contributed by atoms with Gasteiger partial charge in [-0.15, -0.1) is 0 Å². The molecule has 0 saturated heterocycles. The summed E-state index contributed by atoms with van der Waals surface area (Å²) in [5.41, 5.74) is 2.51. The summed E-state index contributed by atoms with van der Waals surface area (Å²) < 4.78 is 0. The molecule has 1 aromatic carbocycles. The predicted octanol–water partition coefficient (Wildman–Crippen LogP) is 3.89. The molecule has 0 bridgehead atoms. The summed E-state index contributed by atoms with van der Waals surface area (Å²) in [5, 5.41) is 0. The molecule has 0 fully saturated rings. The second kappa shape index (κ2) is 6.02.